The molecule has 102 valence electrons. The maximum absolute atomic E-state index is 10.0. The van der Waals surface area contributed by atoms with E-state index in [1.807, 2.05) is 0 Å². The molecular weight excluding hydrogens is 224 g/mol. The first-order valence-corrected chi connectivity index (χ1v) is 7.37. The number of carboxylic acids is 1. The molecule has 0 atom stereocenters. The summed E-state index contributed by atoms with van der Waals surface area (Å²) in [5.74, 6) is 3.85. The van der Waals surface area contributed by atoms with Gasteiger partial charge in [-0.3, -0.25) is 0 Å². The SMILES string of the molecule is C1C2CC3CC1CC(C2)C3.C=C(C(=O)O)C(C)C. The van der Waals surface area contributed by atoms with E-state index in [2.05, 4.69) is 6.58 Å². The Morgan fingerprint density at radius 3 is 1.33 bits per heavy atom. The molecule has 0 aliphatic heterocycles. The number of aliphatic carboxylic acids is 1. The predicted octanol–water partition coefficient (Wildman–Crippen LogP) is 4.12. The van der Waals surface area contributed by atoms with Gasteiger partial charge in [-0.25, -0.2) is 4.79 Å². The lowest BCUT2D eigenvalue weighted by Crippen LogP contribution is -2.38. The Kier molecular flexibility index (Phi) is 4.14. The molecular formula is C16H26O2. The lowest BCUT2D eigenvalue weighted by atomic mass is 9.56. The lowest BCUT2D eigenvalue weighted by Gasteiger charge is -2.49. The molecule has 0 spiro atoms. The summed E-state index contributed by atoms with van der Waals surface area (Å²) in [5, 5.41) is 8.25. The summed E-state index contributed by atoms with van der Waals surface area (Å²) in [7, 11) is 0. The summed E-state index contributed by atoms with van der Waals surface area (Å²) in [6.45, 7) is 6.96. The van der Waals surface area contributed by atoms with Crippen molar-refractivity contribution >= 4 is 5.97 Å². The highest BCUT2D eigenvalue weighted by molar-refractivity contribution is 5.86. The van der Waals surface area contributed by atoms with E-state index in [1.165, 1.54) is 23.7 Å². The zero-order valence-electron chi connectivity index (χ0n) is 11.7. The van der Waals surface area contributed by atoms with Crippen molar-refractivity contribution in [3.05, 3.63) is 12.2 Å². The highest BCUT2D eigenvalue weighted by atomic mass is 16.4. The van der Waals surface area contributed by atoms with Crippen LogP contribution in [0.3, 0.4) is 0 Å². The average Bonchev–Trinajstić information content (AvgIpc) is 2.26. The number of hydrogen-bond acceptors (Lipinski definition) is 1. The molecule has 4 fully saturated rings. The van der Waals surface area contributed by atoms with Gasteiger partial charge in [-0.15, -0.1) is 0 Å². The number of carboxylic acid groups (broad SMARTS) is 1. The first-order valence-electron chi connectivity index (χ1n) is 7.37. The Bertz CT molecular complexity index is 273. The van der Waals surface area contributed by atoms with Crippen molar-refractivity contribution in [2.24, 2.45) is 29.6 Å². The third-order valence-electron chi connectivity index (χ3n) is 4.97. The van der Waals surface area contributed by atoms with Gasteiger partial charge in [0.05, 0.1) is 0 Å². The van der Waals surface area contributed by atoms with Gasteiger partial charge < -0.3 is 5.11 Å². The van der Waals surface area contributed by atoms with Crippen LogP contribution < -0.4 is 0 Å². The van der Waals surface area contributed by atoms with Crippen LogP contribution in [0.2, 0.25) is 0 Å². The van der Waals surface area contributed by atoms with Crippen LogP contribution in [0.1, 0.15) is 52.4 Å². The molecule has 0 aromatic heterocycles. The van der Waals surface area contributed by atoms with Gasteiger partial charge in [0, 0.05) is 5.57 Å². The molecule has 4 bridgehead atoms. The highest BCUT2D eigenvalue weighted by Crippen LogP contribution is 2.53. The van der Waals surface area contributed by atoms with E-state index >= 15 is 0 Å². The molecule has 4 saturated carbocycles. The maximum atomic E-state index is 10.0. The molecule has 4 rings (SSSR count). The highest BCUT2D eigenvalue weighted by Gasteiger charge is 2.41. The molecule has 0 aromatic carbocycles. The zero-order chi connectivity index (χ0) is 13.3. The lowest BCUT2D eigenvalue weighted by molar-refractivity contribution is -0.133. The van der Waals surface area contributed by atoms with Gasteiger partial charge in [-0.1, -0.05) is 20.4 Å². The van der Waals surface area contributed by atoms with Crippen LogP contribution in [-0.2, 0) is 4.79 Å². The molecule has 0 heterocycles. The second kappa shape index (κ2) is 5.46. The number of hydrogen-bond donors (Lipinski definition) is 1. The van der Waals surface area contributed by atoms with E-state index in [9.17, 15) is 4.79 Å². The summed E-state index contributed by atoms with van der Waals surface area (Å²) in [5.41, 5.74) is 0.269. The Morgan fingerprint density at radius 2 is 1.22 bits per heavy atom. The number of rotatable bonds is 2. The second-order valence-corrected chi connectivity index (χ2v) is 6.86. The van der Waals surface area contributed by atoms with Crippen LogP contribution in [-0.4, -0.2) is 11.1 Å². The average molecular weight is 250 g/mol. The van der Waals surface area contributed by atoms with E-state index in [0.717, 1.165) is 0 Å². The molecule has 1 N–H and O–H groups in total. The van der Waals surface area contributed by atoms with Crippen LogP contribution in [0.25, 0.3) is 0 Å². The second-order valence-electron chi connectivity index (χ2n) is 6.86. The van der Waals surface area contributed by atoms with Gasteiger partial charge in [-0.2, -0.15) is 0 Å². The minimum Gasteiger partial charge on any atom is -0.478 e. The van der Waals surface area contributed by atoms with Gasteiger partial charge in [0.2, 0.25) is 0 Å². The normalized spacial score (nSPS) is 36.2. The first kappa shape index (κ1) is 13.6. The van der Waals surface area contributed by atoms with E-state index in [4.69, 9.17) is 5.11 Å². The van der Waals surface area contributed by atoms with E-state index in [1.54, 1.807) is 52.4 Å². The molecule has 0 amide bonds. The topological polar surface area (TPSA) is 37.3 Å². The third kappa shape index (κ3) is 3.15. The summed E-state index contributed by atoms with van der Waals surface area (Å²) in [6.07, 6.45) is 9.62. The van der Waals surface area contributed by atoms with Gasteiger partial charge in [0.25, 0.3) is 0 Å². The van der Waals surface area contributed by atoms with Crippen LogP contribution in [0.4, 0.5) is 0 Å². The molecule has 2 heteroatoms. The molecule has 2 nitrogen and oxygen atoms in total. The molecule has 18 heavy (non-hydrogen) atoms. The first-order chi connectivity index (χ1) is 8.45. The van der Waals surface area contributed by atoms with Gasteiger partial charge in [0.15, 0.2) is 0 Å². The van der Waals surface area contributed by atoms with E-state index in [-0.39, 0.29) is 11.5 Å². The Labute approximate surface area is 110 Å². The fourth-order valence-electron chi connectivity index (χ4n) is 4.23. The molecule has 0 saturated heterocycles. The minimum absolute atomic E-state index is 0.0486. The quantitative estimate of drug-likeness (QED) is 0.749. The van der Waals surface area contributed by atoms with Crippen LogP contribution in [0.15, 0.2) is 12.2 Å². The maximum Gasteiger partial charge on any atom is 0.331 e. The zero-order valence-corrected chi connectivity index (χ0v) is 11.7. The summed E-state index contributed by atoms with van der Waals surface area (Å²) in [6, 6.07) is 0. The number of carbonyl (C=O) groups is 1. The summed E-state index contributed by atoms with van der Waals surface area (Å²) in [4.78, 5) is 10.0. The molecule has 0 aromatic rings. The molecule has 0 unspecified atom stereocenters. The van der Waals surface area contributed by atoms with Crippen molar-refractivity contribution in [2.45, 2.75) is 52.4 Å². The summed E-state index contributed by atoms with van der Waals surface area (Å²) < 4.78 is 0. The monoisotopic (exact) mass is 250 g/mol. The van der Waals surface area contributed by atoms with Crippen molar-refractivity contribution in [1.82, 2.24) is 0 Å². The standard InChI is InChI=1S/C10H16.C6H10O2/c1-7-2-9-4-8(1)5-10(3-7)6-9;1-4(2)5(3)6(7)8/h7-10H,1-6H2;4H,3H2,1-2H3,(H,7,8). The minimum atomic E-state index is -0.903. The Balaban J connectivity index is 0.000000139. The van der Waals surface area contributed by atoms with Gasteiger partial charge in [-0.05, 0) is 68.1 Å². The van der Waals surface area contributed by atoms with Crippen LogP contribution >= 0.6 is 0 Å². The third-order valence-corrected chi connectivity index (χ3v) is 4.97. The molecule has 4 aliphatic rings. The van der Waals surface area contributed by atoms with Gasteiger partial charge >= 0.3 is 5.97 Å². The predicted molar refractivity (Wildman–Crippen MR) is 73.3 cm³/mol. The fraction of sp³-hybridized carbons (Fsp3) is 0.812. The van der Waals surface area contributed by atoms with Crippen molar-refractivity contribution in [3.8, 4) is 0 Å². The smallest absolute Gasteiger partial charge is 0.331 e. The van der Waals surface area contributed by atoms with Crippen molar-refractivity contribution in [1.29, 1.82) is 0 Å². The molecule has 0 radical (unpaired) electrons. The van der Waals surface area contributed by atoms with Crippen LogP contribution in [0, 0.1) is 29.6 Å². The van der Waals surface area contributed by atoms with Crippen molar-refractivity contribution in [2.75, 3.05) is 0 Å². The summed E-state index contributed by atoms with van der Waals surface area (Å²) >= 11 is 0. The Hall–Kier alpha value is -0.790. The van der Waals surface area contributed by atoms with E-state index < -0.39 is 5.97 Å². The van der Waals surface area contributed by atoms with Gasteiger partial charge in [0.1, 0.15) is 0 Å². The van der Waals surface area contributed by atoms with Crippen LogP contribution in [0.5, 0.6) is 0 Å². The van der Waals surface area contributed by atoms with Crippen molar-refractivity contribution in [3.63, 3.8) is 0 Å². The fourth-order valence-corrected chi connectivity index (χ4v) is 4.23. The van der Waals surface area contributed by atoms with E-state index in [0.29, 0.717) is 0 Å². The largest absolute Gasteiger partial charge is 0.478 e. The Morgan fingerprint density at radius 1 is 0.944 bits per heavy atom. The van der Waals surface area contributed by atoms with Crippen molar-refractivity contribution < 1.29 is 9.90 Å². The molecule has 4 aliphatic carbocycles.